The molecule has 0 rings (SSSR count). The molecule has 0 bridgehead atoms. The summed E-state index contributed by atoms with van der Waals surface area (Å²) in [7, 11) is 5.26. The first-order chi connectivity index (χ1) is 6.11. The highest BCUT2D eigenvalue weighted by Crippen LogP contribution is 2.03. The summed E-state index contributed by atoms with van der Waals surface area (Å²) in [5, 5.41) is 3.04. The Labute approximate surface area is 87.7 Å². The van der Waals surface area contributed by atoms with Gasteiger partial charge in [0.05, 0.1) is 7.11 Å². The third kappa shape index (κ3) is 6.01. The minimum Gasteiger partial charge on any atom is -0.468 e. The van der Waals surface area contributed by atoms with Gasteiger partial charge in [0.15, 0.2) is 0 Å². The van der Waals surface area contributed by atoms with E-state index in [1.54, 1.807) is 0 Å². The smallest absolute Gasteiger partial charge is 0.320 e. The number of hydrogen-bond donors (Lipinski definition) is 1. The van der Waals surface area contributed by atoms with Crippen LogP contribution < -0.4 is 5.32 Å². The van der Waals surface area contributed by atoms with E-state index in [9.17, 15) is 4.79 Å². The standard InChI is InChI=1S/C8H17BrN2O2/c1-10-4-5-11(2)6-7(9)8(12)13-3/h7,10H,4-6H2,1-3H3. The largest absolute Gasteiger partial charge is 0.468 e. The lowest BCUT2D eigenvalue weighted by Gasteiger charge is -2.18. The van der Waals surface area contributed by atoms with Crippen molar-refractivity contribution in [2.24, 2.45) is 0 Å². The van der Waals surface area contributed by atoms with Crippen molar-refractivity contribution in [3.05, 3.63) is 0 Å². The van der Waals surface area contributed by atoms with E-state index < -0.39 is 0 Å². The molecular formula is C8H17BrN2O2. The maximum absolute atomic E-state index is 11.0. The highest BCUT2D eigenvalue weighted by molar-refractivity contribution is 9.10. The van der Waals surface area contributed by atoms with Gasteiger partial charge in [0.2, 0.25) is 0 Å². The fraction of sp³-hybridized carbons (Fsp3) is 0.875. The lowest BCUT2D eigenvalue weighted by atomic mass is 10.4. The van der Waals surface area contributed by atoms with Crippen LogP contribution in [0, 0.1) is 0 Å². The van der Waals surface area contributed by atoms with Gasteiger partial charge >= 0.3 is 5.97 Å². The van der Waals surface area contributed by atoms with E-state index in [0.717, 1.165) is 13.1 Å². The van der Waals surface area contributed by atoms with Crippen molar-refractivity contribution in [2.75, 3.05) is 40.8 Å². The maximum Gasteiger partial charge on any atom is 0.320 e. The predicted octanol–water partition coefficient (Wildman–Crippen LogP) is 0.0741. The van der Waals surface area contributed by atoms with Gasteiger partial charge in [-0.1, -0.05) is 15.9 Å². The average molecular weight is 253 g/mol. The summed E-state index contributed by atoms with van der Waals surface area (Å²) in [4.78, 5) is 12.8. The number of halogens is 1. The van der Waals surface area contributed by atoms with Crippen LogP contribution in [0.2, 0.25) is 0 Å². The van der Waals surface area contributed by atoms with Crippen LogP contribution in [-0.2, 0) is 9.53 Å². The molecule has 0 aromatic carbocycles. The van der Waals surface area contributed by atoms with Gasteiger partial charge < -0.3 is 15.0 Å². The molecule has 0 aliphatic carbocycles. The SMILES string of the molecule is CNCCN(C)CC(Br)C(=O)OC. The van der Waals surface area contributed by atoms with Crippen molar-refractivity contribution < 1.29 is 9.53 Å². The molecule has 0 aromatic heterocycles. The number of rotatable bonds is 6. The van der Waals surface area contributed by atoms with Crippen molar-refractivity contribution in [3.8, 4) is 0 Å². The Hall–Kier alpha value is -0.130. The summed E-state index contributed by atoms with van der Waals surface area (Å²) in [6.07, 6.45) is 0. The lowest BCUT2D eigenvalue weighted by Crippen LogP contribution is -2.35. The number of nitrogens with zero attached hydrogens (tertiary/aromatic N) is 1. The molecule has 0 fully saturated rings. The summed E-state index contributed by atoms with van der Waals surface area (Å²) in [5.41, 5.74) is 0. The summed E-state index contributed by atoms with van der Waals surface area (Å²) in [6.45, 7) is 2.49. The van der Waals surface area contributed by atoms with Crippen LogP contribution in [0.15, 0.2) is 0 Å². The van der Waals surface area contributed by atoms with Crippen molar-refractivity contribution in [2.45, 2.75) is 4.83 Å². The molecule has 0 amide bonds. The highest BCUT2D eigenvalue weighted by atomic mass is 79.9. The monoisotopic (exact) mass is 252 g/mol. The normalized spacial score (nSPS) is 13.0. The zero-order valence-corrected chi connectivity index (χ0v) is 9.93. The minimum absolute atomic E-state index is 0.226. The molecule has 0 aliphatic rings. The Morgan fingerprint density at radius 1 is 1.69 bits per heavy atom. The van der Waals surface area contributed by atoms with Crippen LogP contribution in [0.5, 0.6) is 0 Å². The molecule has 0 radical (unpaired) electrons. The van der Waals surface area contributed by atoms with Crippen LogP contribution in [-0.4, -0.2) is 56.5 Å². The lowest BCUT2D eigenvalue weighted by molar-refractivity contribution is -0.140. The molecule has 5 heteroatoms. The molecule has 1 N–H and O–H groups in total. The average Bonchev–Trinajstić information content (AvgIpc) is 2.13. The Balaban J connectivity index is 3.64. The molecule has 0 heterocycles. The van der Waals surface area contributed by atoms with Crippen LogP contribution in [0.3, 0.4) is 0 Å². The number of carbonyl (C=O) groups is 1. The number of esters is 1. The van der Waals surface area contributed by atoms with E-state index in [1.165, 1.54) is 7.11 Å². The molecule has 0 aliphatic heterocycles. The van der Waals surface area contributed by atoms with Gasteiger partial charge in [-0.25, -0.2) is 0 Å². The fourth-order valence-corrected chi connectivity index (χ4v) is 1.55. The number of ether oxygens (including phenoxy) is 1. The number of methoxy groups -OCH3 is 1. The van der Waals surface area contributed by atoms with Gasteiger partial charge in [-0.05, 0) is 14.1 Å². The van der Waals surface area contributed by atoms with Gasteiger partial charge in [0.1, 0.15) is 4.83 Å². The van der Waals surface area contributed by atoms with Crippen molar-refractivity contribution in [3.63, 3.8) is 0 Å². The van der Waals surface area contributed by atoms with Gasteiger partial charge in [-0.3, -0.25) is 4.79 Å². The van der Waals surface area contributed by atoms with Crippen LogP contribution in [0.1, 0.15) is 0 Å². The maximum atomic E-state index is 11.0. The van der Waals surface area contributed by atoms with E-state index >= 15 is 0 Å². The second-order valence-electron chi connectivity index (χ2n) is 2.86. The van der Waals surface area contributed by atoms with Gasteiger partial charge in [0, 0.05) is 19.6 Å². The van der Waals surface area contributed by atoms with E-state index in [0.29, 0.717) is 6.54 Å². The quantitative estimate of drug-likeness (QED) is 0.537. The highest BCUT2D eigenvalue weighted by Gasteiger charge is 2.16. The minimum atomic E-state index is -0.237. The molecule has 13 heavy (non-hydrogen) atoms. The Kier molecular flexibility index (Phi) is 7.22. The first-order valence-corrected chi connectivity index (χ1v) is 5.08. The van der Waals surface area contributed by atoms with Gasteiger partial charge in [-0.15, -0.1) is 0 Å². The molecule has 78 valence electrons. The van der Waals surface area contributed by atoms with E-state index in [-0.39, 0.29) is 10.8 Å². The van der Waals surface area contributed by atoms with Crippen molar-refractivity contribution in [1.82, 2.24) is 10.2 Å². The first kappa shape index (κ1) is 12.9. The summed E-state index contributed by atoms with van der Waals surface area (Å²) < 4.78 is 4.59. The zero-order valence-electron chi connectivity index (χ0n) is 8.34. The molecule has 1 atom stereocenters. The van der Waals surface area contributed by atoms with E-state index in [4.69, 9.17) is 0 Å². The summed E-state index contributed by atoms with van der Waals surface area (Å²) >= 11 is 3.26. The number of likely N-dealkylation sites (N-methyl/N-ethyl adjacent to an activating group) is 2. The second-order valence-corrected chi connectivity index (χ2v) is 3.96. The van der Waals surface area contributed by atoms with Crippen molar-refractivity contribution >= 4 is 21.9 Å². The molecule has 0 aromatic rings. The van der Waals surface area contributed by atoms with Gasteiger partial charge in [0.25, 0.3) is 0 Å². The number of alkyl halides is 1. The van der Waals surface area contributed by atoms with Gasteiger partial charge in [-0.2, -0.15) is 0 Å². The number of carbonyl (C=O) groups excluding carboxylic acids is 1. The third-order valence-electron chi connectivity index (χ3n) is 1.67. The molecule has 0 saturated carbocycles. The Morgan fingerprint density at radius 3 is 2.77 bits per heavy atom. The molecule has 0 saturated heterocycles. The molecule has 4 nitrogen and oxygen atoms in total. The summed E-state index contributed by atoms with van der Waals surface area (Å²) in [5.74, 6) is -0.226. The zero-order chi connectivity index (χ0) is 10.3. The molecule has 0 spiro atoms. The molecular weight excluding hydrogens is 236 g/mol. The predicted molar refractivity (Wildman–Crippen MR) is 56.2 cm³/mol. The topological polar surface area (TPSA) is 41.6 Å². The van der Waals surface area contributed by atoms with Crippen LogP contribution >= 0.6 is 15.9 Å². The van der Waals surface area contributed by atoms with E-state index in [1.807, 2.05) is 14.1 Å². The third-order valence-corrected chi connectivity index (χ3v) is 2.34. The Bertz CT molecular complexity index is 155. The number of hydrogen-bond acceptors (Lipinski definition) is 4. The number of nitrogens with one attached hydrogen (secondary N) is 1. The van der Waals surface area contributed by atoms with Crippen LogP contribution in [0.25, 0.3) is 0 Å². The van der Waals surface area contributed by atoms with Crippen molar-refractivity contribution in [1.29, 1.82) is 0 Å². The second kappa shape index (κ2) is 7.29. The fourth-order valence-electron chi connectivity index (χ4n) is 0.870. The van der Waals surface area contributed by atoms with Crippen LogP contribution in [0.4, 0.5) is 0 Å². The molecule has 1 unspecified atom stereocenters. The first-order valence-electron chi connectivity index (χ1n) is 4.16. The Morgan fingerprint density at radius 2 is 2.31 bits per heavy atom. The van der Waals surface area contributed by atoms with E-state index in [2.05, 4.69) is 30.9 Å². The summed E-state index contributed by atoms with van der Waals surface area (Å²) in [6, 6.07) is 0.